The van der Waals surface area contributed by atoms with E-state index in [0.29, 0.717) is 11.6 Å². The van der Waals surface area contributed by atoms with E-state index in [-0.39, 0.29) is 0 Å². The summed E-state index contributed by atoms with van der Waals surface area (Å²) in [7, 11) is 0. The van der Waals surface area contributed by atoms with Gasteiger partial charge in [0.25, 0.3) is 0 Å². The van der Waals surface area contributed by atoms with Gasteiger partial charge in [-0.1, -0.05) is 18.2 Å². The first-order valence-corrected chi connectivity index (χ1v) is 4.71. The number of furan rings is 1. The topological polar surface area (TPSA) is 54.7 Å². The van der Waals surface area contributed by atoms with Crippen molar-refractivity contribution in [3.63, 3.8) is 0 Å². The summed E-state index contributed by atoms with van der Waals surface area (Å²) in [5, 5.41) is 7.91. The maximum atomic E-state index is 5.62. The van der Waals surface area contributed by atoms with Gasteiger partial charge in [0, 0.05) is 5.39 Å². The fraction of sp³-hybridized carbons (Fsp3) is 0.0909. The molecule has 15 heavy (non-hydrogen) atoms. The second-order valence-corrected chi connectivity index (χ2v) is 3.39. The van der Waals surface area contributed by atoms with Crippen molar-refractivity contribution < 1.29 is 4.42 Å². The van der Waals surface area contributed by atoms with Crippen molar-refractivity contribution in [1.29, 1.82) is 0 Å². The Morgan fingerprint density at radius 3 is 2.87 bits per heavy atom. The van der Waals surface area contributed by atoms with E-state index in [9.17, 15) is 0 Å². The van der Waals surface area contributed by atoms with Gasteiger partial charge in [-0.2, -0.15) is 5.10 Å². The maximum Gasteiger partial charge on any atom is 0.216 e. The van der Waals surface area contributed by atoms with Crippen LogP contribution in [0.1, 0.15) is 5.82 Å². The molecular formula is C11H9N3O. The quantitative estimate of drug-likeness (QED) is 0.655. The molecule has 2 heterocycles. The minimum atomic E-state index is 0.601. The first kappa shape index (κ1) is 8.23. The van der Waals surface area contributed by atoms with Crippen LogP contribution in [0.5, 0.6) is 0 Å². The minimum Gasteiger partial charge on any atom is -0.453 e. The van der Waals surface area contributed by atoms with Crippen molar-refractivity contribution >= 4 is 11.0 Å². The number of rotatable bonds is 1. The Morgan fingerprint density at radius 2 is 2.13 bits per heavy atom. The fourth-order valence-electron chi connectivity index (χ4n) is 1.54. The normalized spacial score (nSPS) is 11.0. The highest BCUT2D eigenvalue weighted by Crippen LogP contribution is 2.24. The van der Waals surface area contributed by atoms with E-state index in [2.05, 4.69) is 15.2 Å². The van der Waals surface area contributed by atoms with E-state index in [1.54, 1.807) is 0 Å². The van der Waals surface area contributed by atoms with Crippen molar-refractivity contribution in [3.8, 4) is 11.6 Å². The lowest BCUT2D eigenvalue weighted by Gasteiger charge is -1.84. The molecule has 0 fully saturated rings. The molecule has 0 amide bonds. The molecule has 0 aliphatic carbocycles. The molecule has 1 N–H and O–H groups in total. The van der Waals surface area contributed by atoms with Crippen LogP contribution in [0.3, 0.4) is 0 Å². The summed E-state index contributed by atoms with van der Waals surface area (Å²) in [6, 6.07) is 9.79. The molecule has 4 heteroatoms. The Hall–Kier alpha value is -2.10. The number of aromatic amines is 1. The second kappa shape index (κ2) is 2.95. The summed E-state index contributed by atoms with van der Waals surface area (Å²) < 4.78 is 5.62. The molecule has 0 aliphatic rings. The smallest absolute Gasteiger partial charge is 0.216 e. The monoisotopic (exact) mass is 199 g/mol. The third-order valence-electron chi connectivity index (χ3n) is 2.24. The van der Waals surface area contributed by atoms with Crippen molar-refractivity contribution in [2.24, 2.45) is 0 Å². The molecule has 0 saturated heterocycles. The van der Waals surface area contributed by atoms with Gasteiger partial charge in [0.2, 0.25) is 5.82 Å². The lowest BCUT2D eigenvalue weighted by molar-refractivity contribution is 0.625. The standard InChI is InChI=1S/C11H9N3O/c1-7-12-11(14-13-7)10-6-8-4-2-3-5-9(8)15-10/h2-6H,1H3,(H,12,13,14). The summed E-state index contributed by atoms with van der Waals surface area (Å²) in [6.45, 7) is 1.86. The highest BCUT2D eigenvalue weighted by Gasteiger charge is 2.09. The Kier molecular flexibility index (Phi) is 1.62. The second-order valence-electron chi connectivity index (χ2n) is 3.39. The fourth-order valence-corrected chi connectivity index (χ4v) is 1.54. The summed E-state index contributed by atoms with van der Waals surface area (Å²) in [5.41, 5.74) is 0.856. The number of nitrogens with zero attached hydrogens (tertiary/aromatic N) is 2. The summed E-state index contributed by atoms with van der Waals surface area (Å²) in [4.78, 5) is 4.22. The Bertz CT molecular complexity index is 576. The van der Waals surface area contributed by atoms with Crippen LogP contribution < -0.4 is 0 Å². The molecule has 0 bridgehead atoms. The van der Waals surface area contributed by atoms with Crippen molar-refractivity contribution in [2.75, 3.05) is 0 Å². The van der Waals surface area contributed by atoms with Gasteiger partial charge in [-0.05, 0) is 19.1 Å². The molecule has 1 aromatic carbocycles. The minimum absolute atomic E-state index is 0.601. The zero-order valence-corrected chi connectivity index (χ0v) is 8.19. The number of fused-ring (bicyclic) bond motifs is 1. The van der Waals surface area contributed by atoms with Gasteiger partial charge in [0.1, 0.15) is 11.4 Å². The van der Waals surface area contributed by atoms with Gasteiger partial charge in [-0.3, -0.25) is 5.10 Å². The van der Waals surface area contributed by atoms with Crippen molar-refractivity contribution in [2.45, 2.75) is 6.92 Å². The zero-order chi connectivity index (χ0) is 10.3. The highest BCUT2D eigenvalue weighted by molar-refractivity contribution is 5.81. The van der Waals surface area contributed by atoms with Gasteiger partial charge in [0.15, 0.2) is 5.76 Å². The van der Waals surface area contributed by atoms with Gasteiger partial charge < -0.3 is 4.42 Å². The van der Waals surface area contributed by atoms with Crippen LogP contribution in [-0.4, -0.2) is 15.2 Å². The first-order chi connectivity index (χ1) is 7.33. The van der Waals surface area contributed by atoms with Gasteiger partial charge in [-0.25, -0.2) is 4.98 Å². The number of aryl methyl sites for hydroxylation is 1. The van der Waals surface area contributed by atoms with Gasteiger partial charge in [-0.15, -0.1) is 0 Å². The van der Waals surface area contributed by atoms with Crippen LogP contribution in [0, 0.1) is 6.92 Å². The molecule has 2 aromatic heterocycles. The SMILES string of the molecule is Cc1nc(-c2cc3ccccc3o2)n[nH]1. The Morgan fingerprint density at radius 1 is 1.27 bits per heavy atom. The van der Waals surface area contributed by atoms with Crippen LogP contribution in [-0.2, 0) is 0 Å². The lowest BCUT2D eigenvalue weighted by atomic mass is 10.2. The molecule has 3 rings (SSSR count). The molecule has 3 aromatic rings. The molecule has 0 radical (unpaired) electrons. The highest BCUT2D eigenvalue weighted by atomic mass is 16.3. The molecule has 0 saturated carbocycles. The number of nitrogens with one attached hydrogen (secondary N) is 1. The number of hydrogen-bond donors (Lipinski definition) is 1. The van der Waals surface area contributed by atoms with Crippen molar-refractivity contribution in [1.82, 2.24) is 15.2 Å². The third-order valence-corrected chi connectivity index (χ3v) is 2.24. The largest absolute Gasteiger partial charge is 0.453 e. The summed E-state index contributed by atoms with van der Waals surface area (Å²) in [6.07, 6.45) is 0. The number of H-pyrrole nitrogens is 1. The number of aromatic nitrogens is 3. The maximum absolute atomic E-state index is 5.62. The predicted octanol–water partition coefficient (Wildman–Crippen LogP) is 2.53. The Labute approximate surface area is 85.9 Å². The third kappa shape index (κ3) is 1.30. The van der Waals surface area contributed by atoms with E-state index in [1.165, 1.54) is 0 Å². The molecular weight excluding hydrogens is 190 g/mol. The molecule has 74 valence electrons. The van der Waals surface area contributed by atoms with Crippen LogP contribution in [0.4, 0.5) is 0 Å². The predicted molar refractivity (Wildman–Crippen MR) is 56.3 cm³/mol. The molecule has 0 atom stereocenters. The van der Waals surface area contributed by atoms with E-state index in [0.717, 1.165) is 16.8 Å². The zero-order valence-electron chi connectivity index (χ0n) is 8.19. The lowest BCUT2D eigenvalue weighted by Crippen LogP contribution is -1.75. The molecule has 0 aliphatic heterocycles. The van der Waals surface area contributed by atoms with E-state index in [1.807, 2.05) is 37.3 Å². The number of hydrogen-bond acceptors (Lipinski definition) is 3. The summed E-state index contributed by atoms with van der Waals surface area (Å²) >= 11 is 0. The Balaban J connectivity index is 2.19. The van der Waals surface area contributed by atoms with E-state index in [4.69, 9.17) is 4.42 Å². The van der Waals surface area contributed by atoms with Crippen LogP contribution in [0.25, 0.3) is 22.6 Å². The molecule has 0 unspecified atom stereocenters. The molecule has 0 spiro atoms. The van der Waals surface area contributed by atoms with E-state index < -0.39 is 0 Å². The number of para-hydroxylation sites is 1. The number of benzene rings is 1. The van der Waals surface area contributed by atoms with Crippen molar-refractivity contribution in [3.05, 3.63) is 36.2 Å². The summed E-state index contributed by atoms with van der Waals surface area (Å²) in [5.74, 6) is 2.08. The van der Waals surface area contributed by atoms with E-state index >= 15 is 0 Å². The van der Waals surface area contributed by atoms with Crippen LogP contribution >= 0.6 is 0 Å². The first-order valence-electron chi connectivity index (χ1n) is 4.71. The van der Waals surface area contributed by atoms with Gasteiger partial charge >= 0.3 is 0 Å². The van der Waals surface area contributed by atoms with Crippen LogP contribution in [0.15, 0.2) is 34.7 Å². The average molecular weight is 199 g/mol. The van der Waals surface area contributed by atoms with Gasteiger partial charge in [0.05, 0.1) is 0 Å². The van der Waals surface area contributed by atoms with Crippen LogP contribution in [0.2, 0.25) is 0 Å². The molecule has 4 nitrogen and oxygen atoms in total. The average Bonchev–Trinajstić information content (AvgIpc) is 2.82.